The van der Waals surface area contributed by atoms with Gasteiger partial charge in [-0.2, -0.15) is 26.3 Å². The van der Waals surface area contributed by atoms with E-state index < -0.39 is 23.5 Å². The monoisotopic (exact) mass is 751 g/mol. The number of alkyl halides is 6. The number of amides is 1. The first-order chi connectivity index (χ1) is 25.8. The van der Waals surface area contributed by atoms with Crippen LogP contribution in [0.4, 0.5) is 26.3 Å². The molecule has 1 heterocycles. The molecule has 1 aromatic heterocycles. The lowest BCUT2D eigenvalue weighted by Crippen LogP contribution is -2.24. The number of benzene rings is 4. The number of carbonyl (C=O) groups is 1. The number of hydrogen-bond donors (Lipinski definition) is 1. The first kappa shape index (κ1) is 39.9. The molecule has 5 aromatic rings. The standard InChI is InChI=1S/C42H43F6N3O3/c1-4-5-6-7-8-9-10-23-49-40(52)31-13-11-28(12-14-31)27-51-38(30-17-21-36(54-3)22-18-30)37(29-15-19-35(53-2)20-16-29)50-39(51)32-24-33(41(43,44)45)26-34(25-32)42(46,47)48/h11-22,24-26H,4-10,23,27H2,1-3H3,(H,49,52). The number of imidazole rings is 1. The Balaban J connectivity index is 1.58. The second kappa shape index (κ2) is 17.7. The number of nitrogens with zero attached hydrogens (tertiary/aromatic N) is 2. The van der Waals surface area contributed by atoms with E-state index in [4.69, 9.17) is 14.5 Å². The largest absolute Gasteiger partial charge is 0.497 e. The average Bonchev–Trinajstić information content (AvgIpc) is 3.54. The molecule has 6 nitrogen and oxygen atoms in total. The lowest BCUT2D eigenvalue weighted by Gasteiger charge is -2.17. The van der Waals surface area contributed by atoms with Crippen LogP contribution in [0.3, 0.4) is 0 Å². The lowest BCUT2D eigenvalue weighted by molar-refractivity contribution is -0.143. The molecule has 1 N–H and O–H groups in total. The number of halogens is 6. The summed E-state index contributed by atoms with van der Waals surface area (Å²) in [6.07, 6.45) is -2.28. The lowest BCUT2D eigenvalue weighted by atomic mass is 10.0. The zero-order chi connectivity index (χ0) is 38.9. The van der Waals surface area contributed by atoms with Crippen LogP contribution >= 0.6 is 0 Å². The molecule has 0 aliphatic heterocycles. The third kappa shape index (κ3) is 10.0. The zero-order valence-corrected chi connectivity index (χ0v) is 30.4. The first-order valence-electron chi connectivity index (χ1n) is 17.9. The summed E-state index contributed by atoms with van der Waals surface area (Å²) in [7, 11) is 3.01. The van der Waals surface area contributed by atoms with Gasteiger partial charge in [0.1, 0.15) is 17.3 Å². The number of nitrogens with one attached hydrogen (secondary N) is 1. The summed E-state index contributed by atoms with van der Waals surface area (Å²) in [4.78, 5) is 17.7. The van der Waals surface area contributed by atoms with Crippen LogP contribution < -0.4 is 14.8 Å². The molecular weight excluding hydrogens is 708 g/mol. The van der Waals surface area contributed by atoms with Gasteiger partial charge >= 0.3 is 12.4 Å². The molecule has 286 valence electrons. The zero-order valence-electron chi connectivity index (χ0n) is 30.4. The summed E-state index contributed by atoms with van der Waals surface area (Å²) in [5.41, 5.74) is -0.303. The maximum Gasteiger partial charge on any atom is 0.416 e. The minimum absolute atomic E-state index is 0.00260. The highest BCUT2D eigenvalue weighted by atomic mass is 19.4. The highest BCUT2D eigenvalue weighted by Crippen LogP contribution is 2.42. The van der Waals surface area contributed by atoms with Gasteiger partial charge in [0.05, 0.1) is 36.7 Å². The number of rotatable bonds is 16. The fourth-order valence-electron chi connectivity index (χ4n) is 6.23. The molecule has 12 heteroatoms. The van der Waals surface area contributed by atoms with E-state index in [-0.39, 0.29) is 29.9 Å². The van der Waals surface area contributed by atoms with Gasteiger partial charge in [-0.25, -0.2) is 4.98 Å². The topological polar surface area (TPSA) is 65.4 Å². The van der Waals surface area contributed by atoms with Gasteiger partial charge in [-0.15, -0.1) is 0 Å². The van der Waals surface area contributed by atoms with Crippen molar-refractivity contribution in [2.75, 3.05) is 20.8 Å². The van der Waals surface area contributed by atoms with Crippen LogP contribution in [0.25, 0.3) is 33.9 Å². The number of ether oxygens (including phenoxy) is 2. The van der Waals surface area contributed by atoms with Crippen molar-refractivity contribution < 1.29 is 40.6 Å². The number of aromatic nitrogens is 2. The van der Waals surface area contributed by atoms with E-state index in [0.717, 1.165) is 19.3 Å². The third-order valence-corrected chi connectivity index (χ3v) is 9.16. The van der Waals surface area contributed by atoms with Gasteiger partial charge in [0, 0.05) is 35.3 Å². The van der Waals surface area contributed by atoms with Gasteiger partial charge in [-0.3, -0.25) is 4.79 Å². The van der Waals surface area contributed by atoms with E-state index in [1.807, 2.05) is 0 Å². The highest BCUT2D eigenvalue weighted by Gasteiger charge is 2.38. The molecule has 0 bridgehead atoms. The maximum absolute atomic E-state index is 14.1. The van der Waals surface area contributed by atoms with Crippen molar-refractivity contribution >= 4 is 5.91 Å². The summed E-state index contributed by atoms with van der Waals surface area (Å²) in [5.74, 6) is 0.744. The summed E-state index contributed by atoms with van der Waals surface area (Å²) < 4.78 is 96.7. The maximum atomic E-state index is 14.1. The highest BCUT2D eigenvalue weighted by molar-refractivity contribution is 5.94. The van der Waals surface area contributed by atoms with E-state index >= 15 is 0 Å². The van der Waals surface area contributed by atoms with Crippen molar-refractivity contribution in [1.29, 1.82) is 0 Å². The molecule has 0 unspecified atom stereocenters. The van der Waals surface area contributed by atoms with E-state index in [9.17, 15) is 31.1 Å². The molecule has 0 saturated heterocycles. The molecule has 0 fully saturated rings. The van der Waals surface area contributed by atoms with Crippen molar-refractivity contribution in [1.82, 2.24) is 14.9 Å². The SMILES string of the molecule is CCCCCCCCCNC(=O)c1ccc(Cn2c(-c3cc(C(F)(F)F)cc(C(F)(F)F)c3)nc(-c3ccc(OC)cc3)c2-c2ccc(OC)cc2)cc1. The van der Waals surface area contributed by atoms with Crippen molar-refractivity contribution in [3.05, 3.63) is 113 Å². The molecule has 54 heavy (non-hydrogen) atoms. The van der Waals surface area contributed by atoms with Gasteiger partial charge in [0.2, 0.25) is 0 Å². The Morgan fingerprint density at radius 1 is 0.667 bits per heavy atom. The molecular formula is C42H43F6N3O3. The van der Waals surface area contributed by atoms with Crippen molar-refractivity contribution in [2.24, 2.45) is 0 Å². The fraction of sp³-hybridized carbons (Fsp3) is 0.333. The molecule has 1 amide bonds. The van der Waals surface area contributed by atoms with Gasteiger partial charge in [0.25, 0.3) is 5.91 Å². The van der Waals surface area contributed by atoms with E-state index in [1.54, 1.807) is 77.4 Å². The van der Waals surface area contributed by atoms with E-state index in [0.29, 0.717) is 63.8 Å². The van der Waals surface area contributed by atoms with Crippen LogP contribution in [-0.2, 0) is 18.9 Å². The van der Waals surface area contributed by atoms with Crippen LogP contribution in [0.1, 0.15) is 78.9 Å². The van der Waals surface area contributed by atoms with Crippen LogP contribution in [0.15, 0.2) is 91.0 Å². The Labute approximate surface area is 311 Å². The minimum atomic E-state index is -5.06. The predicted octanol–water partition coefficient (Wildman–Crippen LogP) is 11.5. The first-order valence-corrected chi connectivity index (χ1v) is 17.9. The molecule has 0 spiro atoms. The molecule has 0 aliphatic carbocycles. The van der Waals surface area contributed by atoms with Crippen LogP contribution in [0, 0.1) is 0 Å². The van der Waals surface area contributed by atoms with Crippen LogP contribution in [0.5, 0.6) is 11.5 Å². The average molecular weight is 752 g/mol. The summed E-state index contributed by atoms with van der Waals surface area (Å²) in [5, 5.41) is 2.95. The Kier molecular flexibility index (Phi) is 13.1. The molecule has 0 aliphatic rings. The number of carbonyl (C=O) groups excluding carboxylic acids is 1. The van der Waals surface area contributed by atoms with E-state index in [1.165, 1.54) is 39.9 Å². The molecule has 0 radical (unpaired) electrons. The second-order valence-corrected chi connectivity index (χ2v) is 13.0. The summed E-state index contributed by atoms with van der Waals surface area (Å²) in [6, 6.07) is 21.9. The third-order valence-electron chi connectivity index (χ3n) is 9.16. The minimum Gasteiger partial charge on any atom is -0.497 e. The molecule has 5 rings (SSSR count). The normalized spacial score (nSPS) is 11.8. The number of methoxy groups -OCH3 is 2. The summed E-state index contributed by atoms with van der Waals surface area (Å²) >= 11 is 0. The Morgan fingerprint density at radius 2 is 1.19 bits per heavy atom. The number of hydrogen-bond acceptors (Lipinski definition) is 4. The van der Waals surface area contributed by atoms with Gasteiger partial charge < -0.3 is 19.4 Å². The Bertz CT molecular complexity index is 1950. The second-order valence-electron chi connectivity index (χ2n) is 13.0. The predicted molar refractivity (Wildman–Crippen MR) is 198 cm³/mol. The molecule has 0 atom stereocenters. The number of unbranched alkanes of at least 4 members (excludes halogenated alkanes) is 6. The summed E-state index contributed by atoms with van der Waals surface area (Å²) in [6.45, 7) is 2.72. The Hall–Kier alpha value is -5.26. The quantitative estimate of drug-likeness (QED) is 0.0805. The smallest absolute Gasteiger partial charge is 0.416 e. The van der Waals surface area contributed by atoms with Crippen LogP contribution in [0.2, 0.25) is 0 Å². The molecule has 4 aromatic carbocycles. The van der Waals surface area contributed by atoms with Gasteiger partial charge in [0.15, 0.2) is 0 Å². The molecule has 0 saturated carbocycles. The van der Waals surface area contributed by atoms with Crippen molar-refractivity contribution in [3.63, 3.8) is 0 Å². The van der Waals surface area contributed by atoms with Crippen LogP contribution in [-0.4, -0.2) is 36.2 Å². The van der Waals surface area contributed by atoms with Crippen molar-refractivity contribution in [3.8, 4) is 45.4 Å². The Morgan fingerprint density at radius 3 is 1.70 bits per heavy atom. The van der Waals surface area contributed by atoms with Gasteiger partial charge in [-0.05, 0) is 90.8 Å². The van der Waals surface area contributed by atoms with E-state index in [2.05, 4.69) is 12.2 Å². The van der Waals surface area contributed by atoms with Gasteiger partial charge in [-0.1, -0.05) is 57.6 Å². The van der Waals surface area contributed by atoms with Crippen molar-refractivity contribution in [2.45, 2.75) is 70.8 Å². The fourth-order valence-corrected chi connectivity index (χ4v) is 6.23.